The van der Waals surface area contributed by atoms with Gasteiger partial charge in [-0.2, -0.15) is 0 Å². The Hall–Kier alpha value is -1.84. The Kier molecular flexibility index (Phi) is 2.42. The number of phenols is 1. The van der Waals surface area contributed by atoms with Crippen molar-refractivity contribution in [2.45, 2.75) is 19.8 Å². The molecular formula is C12H13NO3. The van der Waals surface area contributed by atoms with Crippen molar-refractivity contribution >= 4 is 11.8 Å². The summed E-state index contributed by atoms with van der Waals surface area (Å²) in [6, 6.07) is 2.99. The van der Waals surface area contributed by atoms with Gasteiger partial charge in [-0.25, -0.2) is 0 Å². The van der Waals surface area contributed by atoms with E-state index in [1.54, 1.807) is 0 Å². The monoisotopic (exact) mass is 219 g/mol. The molecule has 2 rings (SSSR count). The van der Waals surface area contributed by atoms with E-state index in [-0.39, 0.29) is 17.6 Å². The van der Waals surface area contributed by atoms with Crippen LogP contribution in [0.2, 0.25) is 0 Å². The standard InChI is InChI=1S/C12H13NO3/c1-3-4-7-9(14)6-5-8-10(7)12(16)13(2)11(8)15/h5-6,14H,3-4H2,1-2H3. The highest BCUT2D eigenvalue weighted by atomic mass is 16.3. The number of benzene rings is 1. The third-order valence-electron chi connectivity index (χ3n) is 2.84. The van der Waals surface area contributed by atoms with E-state index < -0.39 is 0 Å². The number of carbonyl (C=O) groups is 2. The summed E-state index contributed by atoms with van der Waals surface area (Å²) in [5.74, 6) is -0.520. The van der Waals surface area contributed by atoms with Crippen LogP contribution in [0.4, 0.5) is 0 Å². The van der Waals surface area contributed by atoms with Crippen molar-refractivity contribution in [1.29, 1.82) is 0 Å². The summed E-state index contributed by atoms with van der Waals surface area (Å²) in [5, 5.41) is 9.71. The van der Waals surface area contributed by atoms with Crippen LogP contribution in [0.5, 0.6) is 5.75 Å². The predicted octanol–water partition coefficient (Wildman–Crippen LogP) is 1.57. The van der Waals surface area contributed by atoms with Crippen LogP contribution in [0, 0.1) is 0 Å². The molecule has 1 aliphatic heterocycles. The van der Waals surface area contributed by atoms with Gasteiger partial charge < -0.3 is 5.11 Å². The lowest BCUT2D eigenvalue weighted by atomic mass is 9.98. The van der Waals surface area contributed by atoms with Crippen molar-refractivity contribution in [2.75, 3.05) is 7.05 Å². The second-order valence-corrected chi connectivity index (χ2v) is 3.91. The third-order valence-corrected chi connectivity index (χ3v) is 2.84. The summed E-state index contributed by atoms with van der Waals surface area (Å²) in [6.45, 7) is 1.96. The van der Waals surface area contributed by atoms with E-state index in [0.29, 0.717) is 23.1 Å². The first-order chi connectivity index (χ1) is 7.57. The summed E-state index contributed by atoms with van der Waals surface area (Å²) in [5.41, 5.74) is 1.35. The maximum absolute atomic E-state index is 11.8. The molecule has 1 heterocycles. The Morgan fingerprint density at radius 3 is 2.56 bits per heavy atom. The molecular weight excluding hydrogens is 206 g/mol. The molecule has 0 fully saturated rings. The summed E-state index contributed by atoms with van der Waals surface area (Å²) in [7, 11) is 1.46. The molecule has 0 spiro atoms. The van der Waals surface area contributed by atoms with Crippen molar-refractivity contribution in [1.82, 2.24) is 4.90 Å². The number of hydrogen-bond acceptors (Lipinski definition) is 3. The molecule has 84 valence electrons. The molecule has 0 radical (unpaired) electrons. The molecule has 2 amide bonds. The van der Waals surface area contributed by atoms with Gasteiger partial charge in [0.25, 0.3) is 11.8 Å². The highest BCUT2D eigenvalue weighted by molar-refractivity contribution is 6.22. The van der Waals surface area contributed by atoms with Crippen LogP contribution >= 0.6 is 0 Å². The van der Waals surface area contributed by atoms with Crippen LogP contribution in [0.1, 0.15) is 39.6 Å². The summed E-state index contributed by atoms with van der Waals surface area (Å²) < 4.78 is 0. The van der Waals surface area contributed by atoms with Crippen molar-refractivity contribution < 1.29 is 14.7 Å². The molecule has 4 heteroatoms. The first-order valence-electron chi connectivity index (χ1n) is 5.25. The number of phenolic OH excluding ortho intramolecular Hbond substituents is 1. The smallest absolute Gasteiger partial charge is 0.261 e. The van der Waals surface area contributed by atoms with Gasteiger partial charge in [0.05, 0.1) is 11.1 Å². The lowest BCUT2D eigenvalue weighted by Crippen LogP contribution is -2.24. The van der Waals surface area contributed by atoms with Crippen molar-refractivity contribution in [3.05, 3.63) is 28.8 Å². The Bertz CT molecular complexity index is 479. The van der Waals surface area contributed by atoms with Gasteiger partial charge in [0.15, 0.2) is 0 Å². The van der Waals surface area contributed by atoms with Crippen molar-refractivity contribution in [3.8, 4) is 5.75 Å². The van der Waals surface area contributed by atoms with Gasteiger partial charge in [-0.1, -0.05) is 13.3 Å². The van der Waals surface area contributed by atoms with Crippen molar-refractivity contribution in [3.63, 3.8) is 0 Å². The van der Waals surface area contributed by atoms with Gasteiger partial charge in [-0.15, -0.1) is 0 Å². The van der Waals surface area contributed by atoms with E-state index in [2.05, 4.69) is 0 Å². The molecule has 0 aliphatic carbocycles. The molecule has 1 N–H and O–H groups in total. The summed E-state index contributed by atoms with van der Waals surface area (Å²) in [4.78, 5) is 24.6. The quantitative estimate of drug-likeness (QED) is 0.768. The molecule has 1 aromatic rings. The number of aromatic hydroxyl groups is 1. The zero-order valence-electron chi connectivity index (χ0n) is 9.28. The number of rotatable bonds is 2. The maximum atomic E-state index is 11.8. The summed E-state index contributed by atoms with van der Waals surface area (Å²) >= 11 is 0. The van der Waals surface area contributed by atoms with E-state index in [9.17, 15) is 14.7 Å². The van der Waals surface area contributed by atoms with Gasteiger partial charge >= 0.3 is 0 Å². The number of nitrogens with zero attached hydrogens (tertiary/aromatic N) is 1. The Morgan fingerprint density at radius 1 is 1.25 bits per heavy atom. The molecule has 0 bridgehead atoms. The maximum Gasteiger partial charge on any atom is 0.261 e. The average molecular weight is 219 g/mol. The third kappa shape index (κ3) is 1.30. The Labute approximate surface area is 93.5 Å². The lowest BCUT2D eigenvalue weighted by molar-refractivity contribution is 0.0692. The molecule has 16 heavy (non-hydrogen) atoms. The SMILES string of the molecule is CCCc1c(O)ccc2c1C(=O)N(C)C2=O. The molecule has 0 saturated heterocycles. The fourth-order valence-corrected chi connectivity index (χ4v) is 2.00. The van der Waals surface area contributed by atoms with Crippen LogP contribution < -0.4 is 0 Å². The van der Waals surface area contributed by atoms with E-state index in [0.717, 1.165) is 11.3 Å². The number of amides is 2. The molecule has 0 unspecified atom stereocenters. The Morgan fingerprint density at radius 2 is 1.94 bits per heavy atom. The first kappa shape index (κ1) is 10.7. The number of carbonyl (C=O) groups excluding carboxylic acids is 2. The number of imide groups is 1. The molecule has 4 nitrogen and oxygen atoms in total. The minimum atomic E-state index is -0.320. The molecule has 0 aromatic heterocycles. The highest BCUT2D eigenvalue weighted by Crippen LogP contribution is 2.31. The molecule has 1 aliphatic rings. The van der Waals surface area contributed by atoms with Gasteiger partial charge in [-0.3, -0.25) is 14.5 Å². The van der Waals surface area contributed by atoms with Crippen LogP contribution in [0.15, 0.2) is 12.1 Å². The van der Waals surface area contributed by atoms with E-state index in [4.69, 9.17) is 0 Å². The zero-order chi connectivity index (χ0) is 11.9. The molecule has 0 saturated carbocycles. The minimum absolute atomic E-state index is 0.0945. The minimum Gasteiger partial charge on any atom is -0.508 e. The largest absolute Gasteiger partial charge is 0.508 e. The summed E-state index contributed by atoms with van der Waals surface area (Å²) in [6.07, 6.45) is 1.41. The van der Waals surface area contributed by atoms with Gasteiger partial charge in [-0.05, 0) is 18.6 Å². The van der Waals surface area contributed by atoms with Crippen LogP contribution in [-0.2, 0) is 6.42 Å². The normalized spacial score (nSPS) is 14.5. The zero-order valence-corrected chi connectivity index (χ0v) is 9.28. The lowest BCUT2D eigenvalue weighted by Gasteiger charge is -2.07. The van der Waals surface area contributed by atoms with Gasteiger partial charge in [0, 0.05) is 12.6 Å². The van der Waals surface area contributed by atoms with E-state index in [1.807, 2.05) is 6.92 Å². The second-order valence-electron chi connectivity index (χ2n) is 3.91. The number of fused-ring (bicyclic) bond motifs is 1. The highest BCUT2D eigenvalue weighted by Gasteiger charge is 2.35. The molecule has 0 atom stereocenters. The fraction of sp³-hybridized carbons (Fsp3) is 0.333. The van der Waals surface area contributed by atoms with Crippen LogP contribution in [0.3, 0.4) is 0 Å². The topological polar surface area (TPSA) is 57.6 Å². The van der Waals surface area contributed by atoms with Crippen molar-refractivity contribution in [2.24, 2.45) is 0 Å². The Balaban J connectivity index is 2.66. The van der Waals surface area contributed by atoms with Crippen LogP contribution in [-0.4, -0.2) is 28.9 Å². The van der Waals surface area contributed by atoms with Crippen LogP contribution in [0.25, 0.3) is 0 Å². The predicted molar refractivity (Wildman–Crippen MR) is 58.5 cm³/mol. The van der Waals surface area contributed by atoms with E-state index in [1.165, 1.54) is 19.2 Å². The second kappa shape index (κ2) is 3.63. The fourth-order valence-electron chi connectivity index (χ4n) is 2.00. The molecule has 1 aromatic carbocycles. The van der Waals surface area contributed by atoms with E-state index >= 15 is 0 Å². The average Bonchev–Trinajstić information content (AvgIpc) is 2.48. The first-order valence-corrected chi connectivity index (χ1v) is 5.25. The van der Waals surface area contributed by atoms with Gasteiger partial charge in [0.2, 0.25) is 0 Å². The van der Waals surface area contributed by atoms with Gasteiger partial charge in [0.1, 0.15) is 5.75 Å². The number of hydrogen-bond donors (Lipinski definition) is 1.